The zero-order chi connectivity index (χ0) is 28.4. The lowest BCUT2D eigenvalue weighted by molar-refractivity contribution is -0.130. The van der Waals surface area contributed by atoms with Gasteiger partial charge in [0.05, 0.1) is 6.61 Å². The number of hydrazine groups is 1. The molecule has 4 rings (SSSR count). The van der Waals surface area contributed by atoms with E-state index in [9.17, 15) is 14.7 Å². The van der Waals surface area contributed by atoms with Crippen molar-refractivity contribution >= 4 is 33.4 Å². The first-order valence-electron chi connectivity index (χ1n) is 12.6. The van der Waals surface area contributed by atoms with Crippen LogP contribution in [0, 0.1) is 0 Å². The number of azide groups is 1. The van der Waals surface area contributed by atoms with Crippen molar-refractivity contribution in [2.24, 2.45) is 10.1 Å². The molecule has 1 aliphatic heterocycles. The van der Waals surface area contributed by atoms with Crippen molar-refractivity contribution < 1.29 is 23.8 Å². The van der Waals surface area contributed by atoms with Crippen LogP contribution in [0.4, 0.5) is 10.1 Å². The smallest absolute Gasteiger partial charge is 0.266 e. The number of nitrogens with one attached hydrogen (secondary N) is 2. The lowest BCUT2D eigenvalue weighted by Crippen LogP contribution is -2.54. The molecule has 0 aliphatic carbocycles. The number of hydrogen-bond acceptors (Lipinski definition) is 7. The zero-order valence-corrected chi connectivity index (χ0v) is 23.1. The Bertz CT molecular complexity index is 1380. The summed E-state index contributed by atoms with van der Waals surface area (Å²) in [4.78, 5) is 21.7. The summed E-state index contributed by atoms with van der Waals surface area (Å²) in [5.74, 6) is 0.277. The Morgan fingerprint density at radius 2 is 1.93 bits per heavy atom. The number of ether oxygens (including phenoxy) is 2. The van der Waals surface area contributed by atoms with Gasteiger partial charge in [-0.1, -0.05) is 57.4 Å². The van der Waals surface area contributed by atoms with E-state index in [0.29, 0.717) is 35.6 Å². The fraction of sp³-hybridized carbons (Fsp3) is 0.286. The minimum atomic E-state index is -1.55. The molecule has 1 aliphatic rings. The van der Waals surface area contributed by atoms with Crippen LogP contribution < -0.4 is 15.6 Å². The molecule has 208 valence electrons. The lowest BCUT2D eigenvalue weighted by atomic mass is 9.81. The molecular formula is C28H28BrFN6O4. The normalized spacial score (nSPS) is 17.9. The van der Waals surface area contributed by atoms with Crippen LogP contribution in [0.1, 0.15) is 29.2 Å². The Morgan fingerprint density at radius 1 is 1.18 bits per heavy atom. The fourth-order valence-electron chi connectivity index (χ4n) is 4.32. The Labute approximate surface area is 239 Å². The highest BCUT2D eigenvalue weighted by atomic mass is 79.9. The summed E-state index contributed by atoms with van der Waals surface area (Å²) in [6.45, 7) is -0.367. The Kier molecular flexibility index (Phi) is 10.1. The molecule has 0 aromatic heterocycles. The van der Waals surface area contributed by atoms with Gasteiger partial charge in [0.15, 0.2) is 11.6 Å². The number of benzene rings is 3. The average Bonchev–Trinajstić information content (AvgIpc) is 3.35. The van der Waals surface area contributed by atoms with Gasteiger partial charge in [0.1, 0.15) is 12.4 Å². The highest BCUT2D eigenvalue weighted by molar-refractivity contribution is 9.10. The van der Waals surface area contributed by atoms with Gasteiger partial charge in [-0.15, -0.1) is 0 Å². The molecular weight excluding hydrogens is 583 g/mol. The summed E-state index contributed by atoms with van der Waals surface area (Å²) in [6.07, 6.45) is -0.348. The average molecular weight is 611 g/mol. The molecule has 10 nitrogen and oxygen atoms in total. The second-order valence-electron chi connectivity index (χ2n) is 8.91. The molecule has 0 saturated carbocycles. The summed E-state index contributed by atoms with van der Waals surface area (Å²) in [6, 6.07) is 21.3. The van der Waals surface area contributed by atoms with Gasteiger partial charge in [-0.05, 0) is 47.5 Å². The Hall–Kier alpha value is -3.96. The summed E-state index contributed by atoms with van der Waals surface area (Å²) < 4.78 is 25.8. The van der Waals surface area contributed by atoms with E-state index in [-0.39, 0.29) is 25.5 Å². The van der Waals surface area contributed by atoms with Crippen molar-refractivity contribution in [2.75, 3.05) is 26.4 Å². The standard InChI is InChI=1S/C28H28BrFN6O4/c29-21-10-6-19(7-11-21)18-28(27(38)35-32-15-14-30)25(23-4-1-2-5-24(23)34-36-31)40-26(33-28)20-8-12-22(13-9-20)39-17-3-16-37/h1-2,4-13,25,32,37H,3,14-18H2,(H,35,38)/t25-,28-/m0/s1. The predicted octanol–water partition coefficient (Wildman–Crippen LogP) is 5.24. The van der Waals surface area contributed by atoms with Crippen LogP contribution >= 0.6 is 15.9 Å². The molecule has 3 aromatic rings. The summed E-state index contributed by atoms with van der Waals surface area (Å²) in [5, 5.41) is 12.8. The largest absolute Gasteiger partial charge is 0.494 e. The molecule has 2 atom stereocenters. The number of carbonyl (C=O) groups excluding carboxylic acids is 1. The molecule has 12 heteroatoms. The molecule has 3 N–H and O–H groups in total. The van der Waals surface area contributed by atoms with Gasteiger partial charge in [-0.2, -0.15) is 0 Å². The van der Waals surface area contributed by atoms with E-state index in [1.54, 1.807) is 48.5 Å². The predicted molar refractivity (Wildman–Crippen MR) is 152 cm³/mol. The lowest BCUT2D eigenvalue weighted by Gasteiger charge is -2.31. The monoisotopic (exact) mass is 610 g/mol. The van der Waals surface area contributed by atoms with Gasteiger partial charge in [-0.25, -0.2) is 14.8 Å². The second kappa shape index (κ2) is 13.9. The number of aliphatic hydroxyl groups excluding tert-OH is 1. The highest BCUT2D eigenvalue weighted by Crippen LogP contribution is 2.45. The van der Waals surface area contributed by atoms with Crippen LogP contribution in [-0.4, -0.2) is 48.9 Å². The minimum absolute atomic E-state index is 0.0319. The fourth-order valence-corrected chi connectivity index (χ4v) is 4.58. The Balaban J connectivity index is 1.81. The van der Waals surface area contributed by atoms with Gasteiger partial charge in [0.2, 0.25) is 5.90 Å². The number of aliphatic hydroxyl groups is 1. The van der Waals surface area contributed by atoms with Gasteiger partial charge in [0.25, 0.3) is 5.91 Å². The van der Waals surface area contributed by atoms with Crippen LogP contribution in [0.3, 0.4) is 0 Å². The molecule has 3 aromatic carbocycles. The molecule has 0 radical (unpaired) electrons. The van der Waals surface area contributed by atoms with Crippen LogP contribution in [-0.2, 0) is 16.0 Å². The van der Waals surface area contributed by atoms with Crippen LogP contribution in [0.15, 0.2) is 87.4 Å². The van der Waals surface area contributed by atoms with Crippen LogP contribution in [0.2, 0.25) is 0 Å². The molecule has 1 heterocycles. The van der Waals surface area contributed by atoms with Crippen molar-refractivity contribution in [3.63, 3.8) is 0 Å². The molecule has 0 saturated heterocycles. The molecule has 0 fully saturated rings. The topological polar surface area (TPSA) is 141 Å². The number of alkyl halides is 1. The number of rotatable bonds is 13. The molecule has 40 heavy (non-hydrogen) atoms. The molecule has 0 bridgehead atoms. The van der Waals surface area contributed by atoms with E-state index >= 15 is 0 Å². The first kappa shape index (κ1) is 29.0. The number of amides is 1. The summed E-state index contributed by atoms with van der Waals surface area (Å²) in [7, 11) is 0. The van der Waals surface area contributed by atoms with E-state index in [2.05, 4.69) is 36.8 Å². The van der Waals surface area contributed by atoms with Crippen molar-refractivity contribution in [3.05, 3.63) is 104 Å². The molecule has 0 spiro atoms. The first-order chi connectivity index (χ1) is 19.5. The van der Waals surface area contributed by atoms with Crippen molar-refractivity contribution in [2.45, 2.75) is 24.5 Å². The third kappa shape index (κ3) is 6.78. The Morgan fingerprint density at radius 3 is 2.62 bits per heavy atom. The van der Waals surface area contributed by atoms with E-state index in [1.807, 2.05) is 24.3 Å². The van der Waals surface area contributed by atoms with E-state index in [4.69, 9.17) is 19.6 Å². The number of hydrogen-bond donors (Lipinski definition) is 3. The number of carbonyl (C=O) groups is 1. The maximum atomic E-state index is 13.9. The van der Waals surface area contributed by atoms with E-state index < -0.39 is 24.2 Å². The maximum Gasteiger partial charge on any atom is 0.266 e. The van der Waals surface area contributed by atoms with E-state index in [0.717, 1.165) is 10.0 Å². The first-order valence-corrected chi connectivity index (χ1v) is 13.4. The second-order valence-corrected chi connectivity index (χ2v) is 9.83. The quantitative estimate of drug-likeness (QED) is 0.0797. The SMILES string of the molecule is [N-]=[N+]=Nc1ccccc1[C@@H]1OC(c2ccc(OCCCO)cc2)=N[C@]1(Cc1ccc(Br)cc1)C(=O)NNCCF. The van der Waals surface area contributed by atoms with Crippen LogP contribution in [0.25, 0.3) is 10.4 Å². The maximum absolute atomic E-state index is 13.9. The molecule has 1 amide bonds. The van der Waals surface area contributed by atoms with Crippen LogP contribution in [0.5, 0.6) is 5.75 Å². The number of aliphatic imine (C=N–C) groups is 1. The van der Waals surface area contributed by atoms with Crippen molar-refractivity contribution in [3.8, 4) is 5.75 Å². The number of halogens is 2. The van der Waals surface area contributed by atoms with Crippen molar-refractivity contribution in [1.82, 2.24) is 10.9 Å². The number of nitrogens with zero attached hydrogens (tertiary/aromatic N) is 4. The van der Waals surface area contributed by atoms with Gasteiger partial charge in [-0.3, -0.25) is 10.2 Å². The van der Waals surface area contributed by atoms with Crippen molar-refractivity contribution in [1.29, 1.82) is 0 Å². The summed E-state index contributed by atoms with van der Waals surface area (Å²) in [5.41, 5.74) is 15.0. The third-order valence-corrected chi connectivity index (χ3v) is 6.74. The zero-order valence-electron chi connectivity index (χ0n) is 21.5. The summed E-state index contributed by atoms with van der Waals surface area (Å²) >= 11 is 3.44. The molecule has 0 unspecified atom stereocenters. The van der Waals surface area contributed by atoms with Gasteiger partial charge < -0.3 is 14.6 Å². The highest BCUT2D eigenvalue weighted by Gasteiger charge is 2.54. The van der Waals surface area contributed by atoms with E-state index in [1.165, 1.54) is 0 Å². The van der Waals surface area contributed by atoms with Gasteiger partial charge >= 0.3 is 0 Å². The van der Waals surface area contributed by atoms with Gasteiger partial charge in [0, 0.05) is 52.2 Å². The minimum Gasteiger partial charge on any atom is -0.494 e. The third-order valence-electron chi connectivity index (χ3n) is 6.21.